The van der Waals surface area contributed by atoms with E-state index in [1.54, 1.807) is 19.3 Å². The first-order chi connectivity index (χ1) is 14.9. The number of imidazole rings is 1. The van der Waals surface area contributed by atoms with Crippen LogP contribution in [0.4, 0.5) is 16.0 Å². The number of carbonyl (C=O) groups is 1. The van der Waals surface area contributed by atoms with Gasteiger partial charge in [-0.05, 0) is 34.4 Å². The van der Waals surface area contributed by atoms with Crippen LogP contribution in [-0.2, 0) is 0 Å². The molecule has 1 aliphatic heterocycles. The van der Waals surface area contributed by atoms with E-state index < -0.39 is 11.7 Å². The lowest BCUT2D eigenvalue weighted by atomic mass is 10.2. The van der Waals surface area contributed by atoms with Crippen LogP contribution in [0.3, 0.4) is 0 Å². The Morgan fingerprint density at radius 2 is 2.16 bits per heavy atom. The lowest BCUT2D eigenvalue weighted by Gasteiger charge is -2.21. The third-order valence-corrected chi connectivity index (χ3v) is 5.33. The highest BCUT2D eigenvalue weighted by molar-refractivity contribution is 6.05. The molecule has 0 aliphatic carbocycles. The molecule has 0 bridgehead atoms. The molecule has 1 aliphatic rings. The Kier molecular flexibility index (Phi) is 5.73. The van der Waals surface area contributed by atoms with E-state index in [0.717, 1.165) is 19.5 Å². The summed E-state index contributed by atoms with van der Waals surface area (Å²) in [4.78, 5) is 30.2. The van der Waals surface area contributed by atoms with E-state index in [-0.39, 0.29) is 17.1 Å². The molecule has 31 heavy (non-hydrogen) atoms. The summed E-state index contributed by atoms with van der Waals surface area (Å²) in [5.74, 6) is -0.255. The number of amides is 1. The van der Waals surface area contributed by atoms with Crippen molar-refractivity contribution >= 4 is 23.2 Å². The molecule has 9 nitrogen and oxygen atoms in total. The topological polar surface area (TPSA) is 87.9 Å². The SMILES string of the molecule is CCOc1nc(N2CC[C@@H](N(C)C)C2)ncc1C(=O)Nc1cc(F)c2nc(C)cn2c1. The van der Waals surface area contributed by atoms with Gasteiger partial charge in [-0.1, -0.05) is 0 Å². The van der Waals surface area contributed by atoms with Crippen LogP contribution in [0, 0.1) is 12.7 Å². The van der Waals surface area contributed by atoms with Gasteiger partial charge in [0.1, 0.15) is 5.56 Å². The number of ether oxygens (including phenoxy) is 1. The number of hydrogen-bond acceptors (Lipinski definition) is 7. The van der Waals surface area contributed by atoms with Gasteiger partial charge in [0, 0.05) is 43.8 Å². The predicted octanol–water partition coefficient (Wildman–Crippen LogP) is 2.36. The number of aromatic nitrogens is 4. The zero-order chi connectivity index (χ0) is 22.1. The summed E-state index contributed by atoms with van der Waals surface area (Å²) in [5.41, 5.74) is 1.38. The molecule has 0 unspecified atom stereocenters. The second kappa shape index (κ2) is 8.46. The maximum Gasteiger partial charge on any atom is 0.262 e. The van der Waals surface area contributed by atoms with Crippen LogP contribution in [0.1, 0.15) is 29.4 Å². The Morgan fingerprint density at radius 3 is 2.87 bits per heavy atom. The molecule has 1 saturated heterocycles. The summed E-state index contributed by atoms with van der Waals surface area (Å²) in [6.07, 6.45) is 5.78. The van der Waals surface area contributed by atoms with Gasteiger partial charge in [0.15, 0.2) is 11.5 Å². The number of likely N-dealkylation sites (N-methyl/N-ethyl adjacent to an activating group) is 1. The quantitative estimate of drug-likeness (QED) is 0.646. The molecular formula is C21H26FN7O2. The zero-order valence-corrected chi connectivity index (χ0v) is 18.1. The standard InChI is InChI=1S/C21H26FN7O2/c1-5-31-20-16(9-23-21(26-20)28-7-6-15(12-28)27(3)4)19(30)25-14-8-17(22)18-24-13(2)10-29(18)11-14/h8-11,15H,5-7,12H2,1-4H3,(H,25,30)/t15-/m1/s1. The number of hydrogen-bond donors (Lipinski definition) is 1. The number of nitrogens with zero attached hydrogens (tertiary/aromatic N) is 6. The molecule has 4 heterocycles. The van der Waals surface area contributed by atoms with Gasteiger partial charge in [-0.15, -0.1) is 0 Å². The van der Waals surface area contributed by atoms with Gasteiger partial charge in [-0.3, -0.25) is 4.79 Å². The number of pyridine rings is 1. The molecule has 1 fully saturated rings. The maximum atomic E-state index is 14.3. The second-order valence-corrected chi connectivity index (χ2v) is 7.82. The average molecular weight is 427 g/mol. The minimum Gasteiger partial charge on any atom is -0.477 e. The predicted molar refractivity (Wildman–Crippen MR) is 115 cm³/mol. The summed E-state index contributed by atoms with van der Waals surface area (Å²) >= 11 is 0. The molecule has 3 aromatic rings. The Hall–Kier alpha value is -3.27. The van der Waals surface area contributed by atoms with Crippen molar-refractivity contribution in [3.8, 4) is 5.88 Å². The first kappa shape index (κ1) is 21.0. The molecule has 1 atom stereocenters. The average Bonchev–Trinajstić information content (AvgIpc) is 3.35. The molecule has 4 rings (SSSR count). The highest BCUT2D eigenvalue weighted by Crippen LogP contribution is 2.24. The fourth-order valence-corrected chi connectivity index (χ4v) is 3.70. The first-order valence-corrected chi connectivity index (χ1v) is 10.2. The molecule has 3 aromatic heterocycles. The van der Waals surface area contributed by atoms with E-state index >= 15 is 0 Å². The van der Waals surface area contributed by atoms with Crippen LogP contribution in [0.15, 0.2) is 24.7 Å². The van der Waals surface area contributed by atoms with Gasteiger partial charge in [0.2, 0.25) is 11.8 Å². The molecule has 0 aromatic carbocycles. The van der Waals surface area contributed by atoms with E-state index in [1.165, 1.54) is 16.7 Å². The minimum atomic E-state index is -0.521. The summed E-state index contributed by atoms with van der Waals surface area (Å²) in [7, 11) is 4.11. The number of fused-ring (bicyclic) bond motifs is 1. The van der Waals surface area contributed by atoms with Crippen LogP contribution in [0.5, 0.6) is 5.88 Å². The number of aryl methyl sites for hydroxylation is 1. The molecule has 10 heteroatoms. The smallest absolute Gasteiger partial charge is 0.262 e. The van der Waals surface area contributed by atoms with Gasteiger partial charge < -0.3 is 24.3 Å². The van der Waals surface area contributed by atoms with Crippen molar-refractivity contribution in [3.63, 3.8) is 0 Å². The zero-order valence-electron chi connectivity index (χ0n) is 18.1. The Balaban J connectivity index is 1.57. The largest absolute Gasteiger partial charge is 0.477 e. The Bertz CT molecular complexity index is 1110. The summed E-state index contributed by atoms with van der Waals surface area (Å²) in [6.45, 7) is 5.61. The van der Waals surface area contributed by atoms with Crippen LogP contribution in [0.2, 0.25) is 0 Å². The first-order valence-electron chi connectivity index (χ1n) is 10.2. The number of rotatable bonds is 6. The van der Waals surface area contributed by atoms with Crippen molar-refractivity contribution in [2.45, 2.75) is 26.3 Å². The number of carbonyl (C=O) groups excluding carboxylic acids is 1. The number of halogens is 1. The van der Waals surface area contributed by atoms with E-state index in [2.05, 4.69) is 44.2 Å². The van der Waals surface area contributed by atoms with E-state index in [9.17, 15) is 9.18 Å². The summed E-state index contributed by atoms with van der Waals surface area (Å²) < 4.78 is 21.5. The van der Waals surface area contributed by atoms with Crippen molar-refractivity contribution in [2.24, 2.45) is 0 Å². The van der Waals surface area contributed by atoms with Gasteiger partial charge in [-0.2, -0.15) is 4.98 Å². The van der Waals surface area contributed by atoms with Crippen LogP contribution in [0.25, 0.3) is 5.65 Å². The van der Waals surface area contributed by atoms with Crippen molar-refractivity contribution < 1.29 is 13.9 Å². The van der Waals surface area contributed by atoms with Crippen LogP contribution < -0.4 is 15.0 Å². The second-order valence-electron chi connectivity index (χ2n) is 7.82. The van der Waals surface area contributed by atoms with Crippen molar-refractivity contribution in [3.05, 3.63) is 41.7 Å². The van der Waals surface area contributed by atoms with Crippen molar-refractivity contribution in [1.29, 1.82) is 0 Å². The van der Waals surface area contributed by atoms with Crippen LogP contribution >= 0.6 is 0 Å². The van der Waals surface area contributed by atoms with E-state index in [4.69, 9.17) is 4.74 Å². The van der Waals surface area contributed by atoms with Gasteiger partial charge in [-0.25, -0.2) is 14.4 Å². The monoisotopic (exact) mass is 427 g/mol. The molecule has 0 radical (unpaired) electrons. The number of nitrogens with one attached hydrogen (secondary N) is 1. The lowest BCUT2D eigenvalue weighted by Crippen LogP contribution is -2.32. The minimum absolute atomic E-state index is 0.191. The molecule has 164 valence electrons. The van der Waals surface area contributed by atoms with Crippen molar-refractivity contribution in [1.82, 2.24) is 24.3 Å². The van der Waals surface area contributed by atoms with Gasteiger partial charge in [0.25, 0.3) is 5.91 Å². The fraction of sp³-hybridized carbons (Fsp3) is 0.429. The third-order valence-electron chi connectivity index (χ3n) is 5.33. The van der Waals surface area contributed by atoms with Crippen LogP contribution in [-0.4, -0.2) is 70.0 Å². The number of anilines is 2. The summed E-state index contributed by atoms with van der Waals surface area (Å²) in [5, 5.41) is 2.70. The molecule has 0 spiro atoms. The van der Waals surface area contributed by atoms with Gasteiger partial charge in [0.05, 0.1) is 18.0 Å². The normalized spacial score (nSPS) is 16.3. The van der Waals surface area contributed by atoms with Crippen molar-refractivity contribution in [2.75, 3.05) is 44.0 Å². The highest BCUT2D eigenvalue weighted by atomic mass is 19.1. The lowest BCUT2D eigenvalue weighted by molar-refractivity contribution is 0.102. The molecule has 0 saturated carbocycles. The van der Waals surface area contributed by atoms with E-state index in [1.807, 2.05) is 6.92 Å². The fourth-order valence-electron chi connectivity index (χ4n) is 3.70. The highest BCUT2D eigenvalue weighted by Gasteiger charge is 2.27. The Labute approximate surface area is 179 Å². The third kappa shape index (κ3) is 4.29. The molecule has 1 amide bonds. The molecule has 1 N–H and O–H groups in total. The van der Waals surface area contributed by atoms with Gasteiger partial charge >= 0.3 is 0 Å². The Morgan fingerprint density at radius 1 is 1.35 bits per heavy atom. The summed E-state index contributed by atoms with van der Waals surface area (Å²) in [6, 6.07) is 1.67. The van der Waals surface area contributed by atoms with E-state index in [0.29, 0.717) is 30.0 Å². The maximum absolute atomic E-state index is 14.3. The molecular weight excluding hydrogens is 401 g/mol.